The van der Waals surface area contributed by atoms with Gasteiger partial charge in [-0.2, -0.15) is 0 Å². The van der Waals surface area contributed by atoms with Gasteiger partial charge in [-0.1, -0.05) is 30.3 Å². The Balaban J connectivity index is 1.68. The number of aliphatic hydroxyl groups is 1. The van der Waals surface area contributed by atoms with Gasteiger partial charge in [0, 0.05) is 17.3 Å². The second-order valence-electron chi connectivity index (χ2n) is 5.66. The largest absolute Gasteiger partial charge is 0.396 e. The molecule has 2 atom stereocenters. The van der Waals surface area contributed by atoms with Crippen LogP contribution in [0, 0.1) is 11.7 Å². The van der Waals surface area contributed by atoms with Crippen molar-refractivity contribution in [1.82, 2.24) is 0 Å². The first-order valence-electron chi connectivity index (χ1n) is 7.33. The predicted octanol–water partition coefficient (Wildman–Crippen LogP) is 4.26. The first-order chi connectivity index (χ1) is 10.3. The van der Waals surface area contributed by atoms with Crippen molar-refractivity contribution in [2.45, 2.75) is 23.7 Å². The molecule has 0 radical (unpaired) electrons. The third kappa shape index (κ3) is 3.47. The summed E-state index contributed by atoms with van der Waals surface area (Å²) in [5.74, 6) is 1.56. The van der Waals surface area contributed by atoms with Crippen molar-refractivity contribution in [2.75, 3.05) is 12.4 Å². The number of rotatable bonds is 5. The lowest BCUT2D eigenvalue weighted by molar-refractivity contribution is 0.212. The summed E-state index contributed by atoms with van der Waals surface area (Å²) >= 11 is 1.90. The molecule has 21 heavy (non-hydrogen) atoms. The topological polar surface area (TPSA) is 20.2 Å². The second kappa shape index (κ2) is 6.63. The number of fused-ring (bicyclic) bond motifs is 1. The van der Waals surface area contributed by atoms with E-state index in [4.69, 9.17) is 0 Å². The molecule has 110 valence electrons. The maximum absolute atomic E-state index is 13.3. The van der Waals surface area contributed by atoms with E-state index in [0.29, 0.717) is 5.92 Å². The van der Waals surface area contributed by atoms with Gasteiger partial charge in [0.2, 0.25) is 0 Å². The van der Waals surface area contributed by atoms with Crippen LogP contribution in [0.1, 0.15) is 23.5 Å². The third-order valence-electron chi connectivity index (χ3n) is 4.09. The minimum atomic E-state index is -0.203. The Bertz CT molecular complexity index is 614. The van der Waals surface area contributed by atoms with Crippen molar-refractivity contribution < 1.29 is 9.50 Å². The molecular formula is C18H19FOS. The zero-order chi connectivity index (χ0) is 14.7. The number of benzene rings is 2. The van der Waals surface area contributed by atoms with Crippen LogP contribution < -0.4 is 0 Å². The number of hydrogen-bond donors (Lipinski definition) is 1. The van der Waals surface area contributed by atoms with E-state index in [1.54, 1.807) is 12.1 Å². The molecule has 2 aromatic carbocycles. The first-order valence-corrected chi connectivity index (χ1v) is 8.32. The molecule has 2 unspecified atom stereocenters. The van der Waals surface area contributed by atoms with Crippen LogP contribution >= 0.6 is 11.8 Å². The molecule has 0 amide bonds. The summed E-state index contributed by atoms with van der Waals surface area (Å²) in [5, 5.41) is 9.66. The zero-order valence-corrected chi connectivity index (χ0v) is 12.7. The molecule has 0 fully saturated rings. The fourth-order valence-electron chi connectivity index (χ4n) is 3.05. The smallest absolute Gasteiger partial charge is 0.123 e. The maximum Gasteiger partial charge on any atom is 0.123 e. The monoisotopic (exact) mass is 302 g/mol. The fraction of sp³-hybridized carbons (Fsp3) is 0.333. The molecule has 2 aromatic rings. The summed E-state index contributed by atoms with van der Waals surface area (Å²) in [5.41, 5.74) is 2.37. The summed E-state index contributed by atoms with van der Waals surface area (Å²) in [4.78, 5) is 1.37. The van der Waals surface area contributed by atoms with E-state index in [2.05, 4.69) is 24.3 Å². The molecule has 1 nitrogen and oxygen atoms in total. The standard InChI is InChI=1S/C18H19FOS/c19-16-5-3-4-13(10-16)8-14(11-20)9-15-12-21-18-7-2-1-6-17(15)18/h1-7,10,14-15,20H,8-9,11-12H2. The molecule has 1 aliphatic heterocycles. The van der Waals surface area contributed by atoms with Crippen LogP contribution in [-0.2, 0) is 6.42 Å². The number of aliphatic hydroxyl groups excluding tert-OH is 1. The van der Waals surface area contributed by atoms with Gasteiger partial charge in [-0.15, -0.1) is 11.8 Å². The Hall–Kier alpha value is -1.32. The van der Waals surface area contributed by atoms with E-state index in [1.165, 1.54) is 16.5 Å². The minimum absolute atomic E-state index is 0.153. The highest BCUT2D eigenvalue weighted by atomic mass is 32.2. The van der Waals surface area contributed by atoms with Crippen LogP contribution in [-0.4, -0.2) is 17.5 Å². The van der Waals surface area contributed by atoms with E-state index >= 15 is 0 Å². The number of hydrogen-bond acceptors (Lipinski definition) is 2. The Morgan fingerprint density at radius 3 is 2.86 bits per heavy atom. The van der Waals surface area contributed by atoms with E-state index in [-0.39, 0.29) is 18.3 Å². The average molecular weight is 302 g/mol. The van der Waals surface area contributed by atoms with Gasteiger partial charge in [-0.05, 0) is 54.0 Å². The first kappa shape index (κ1) is 14.6. The van der Waals surface area contributed by atoms with Gasteiger partial charge in [0.1, 0.15) is 5.82 Å². The van der Waals surface area contributed by atoms with Crippen LogP contribution in [0.4, 0.5) is 4.39 Å². The quantitative estimate of drug-likeness (QED) is 0.890. The van der Waals surface area contributed by atoms with Crippen molar-refractivity contribution in [3.63, 3.8) is 0 Å². The van der Waals surface area contributed by atoms with Crippen LogP contribution in [0.3, 0.4) is 0 Å². The molecule has 0 saturated carbocycles. The SMILES string of the molecule is OCC(Cc1cccc(F)c1)CC1CSc2ccccc21. The second-order valence-corrected chi connectivity index (χ2v) is 6.73. The molecular weight excluding hydrogens is 283 g/mol. The molecule has 1 N–H and O–H groups in total. The van der Waals surface area contributed by atoms with E-state index in [1.807, 2.05) is 17.8 Å². The van der Waals surface area contributed by atoms with Gasteiger partial charge in [0.25, 0.3) is 0 Å². The fourth-order valence-corrected chi connectivity index (χ4v) is 4.32. The van der Waals surface area contributed by atoms with Crippen molar-refractivity contribution in [3.05, 3.63) is 65.5 Å². The van der Waals surface area contributed by atoms with Crippen LogP contribution in [0.25, 0.3) is 0 Å². The number of thioether (sulfide) groups is 1. The molecule has 0 aromatic heterocycles. The molecule has 0 bridgehead atoms. The lowest BCUT2D eigenvalue weighted by Gasteiger charge is -2.19. The van der Waals surface area contributed by atoms with Gasteiger partial charge in [-0.3, -0.25) is 0 Å². The van der Waals surface area contributed by atoms with Gasteiger partial charge in [0.05, 0.1) is 0 Å². The lowest BCUT2D eigenvalue weighted by atomic mass is 9.87. The normalized spacial score (nSPS) is 18.5. The van der Waals surface area contributed by atoms with Gasteiger partial charge in [0.15, 0.2) is 0 Å². The van der Waals surface area contributed by atoms with Gasteiger partial charge < -0.3 is 5.11 Å². The van der Waals surface area contributed by atoms with Gasteiger partial charge in [-0.25, -0.2) is 4.39 Å². The van der Waals surface area contributed by atoms with Crippen LogP contribution in [0.5, 0.6) is 0 Å². The Morgan fingerprint density at radius 1 is 1.19 bits per heavy atom. The Kier molecular flexibility index (Phi) is 4.61. The molecule has 1 aliphatic rings. The number of halogens is 1. The van der Waals surface area contributed by atoms with Crippen molar-refractivity contribution in [2.24, 2.45) is 5.92 Å². The predicted molar refractivity (Wildman–Crippen MR) is 85.2 cm³/mol. The Labute approximate surface area is 129 Å². The van der Waals surface area contributed by atoms with Crippen LogP contribution in [0.15, 0.2) is 53.4 Å². The highest BCUT2D eigenvalue weighted by molar-refractivity contribution is 7.99. The van der Waals surface area contributed by atoms with E-state index in [9.17, 15) is 9.50 Å². The van der Waals surface area contributed by atoms with Crippen molar-refractivity contribution in [3.8, 4) is 0 Å². The highest BCUT2D eigenvalue weighted by Gasteiger charge is 2.25. The average Bonchev–Trinajstić information content (AvgIpc) is 2.90. The maximum atomic E-state index is 13.3. The van der Waals surface area contributed by atoms with Crippen molar-refractivity contribution in [1.29, 1.82) is 0 Å². The minimum Gasteiger partial charge on any atom is -0.396 e. The highest BCUT2D eigenvalue weighted by Crippen LogP contribution is 2.42. The molecule has 0 spiro atoms. The van der Waals surface area contributed by atoms with E-state index < -0.39 is 0 Å². The summed E-state index contributed by atoms with van der Waals surface area (Å²) < 4.78 is 13.3. The summed E-state index contributed by atoms with van der Waals surface area (Å²) in [6.45, 7) is 0.153. The molecule has 3 heteroatoms. The molecule has 1 heterocycles. The summed E-state index contributed by atoms with van der Waals surface area (Å²) in [7, 11) is 0. The molecule has 0 saturated heterocycles. The summed E-state index contributed by atoms with van der Waals surface area (Å²) in [6, 6.07) is 15.2. The zero-order valence-electron chi connectivity index (χ0n) is 11.8. The van der Waals surface area contributed by atoms with Gasteiger partial charge >= 0.3 is 0 Å². The third-order valence-corrected chi connectivity index (χ3v) is 5.34. The molecule has 0 aliphatic carbocycles. The Morgan fingerprint density at radius 2 is 2.05 bits per heavy atom. The lowest BCUT2D eigenvalue weighted by Crippen LogP contribution is -2.14. The van der Waals surface area contributed by atoms with Crippen LogP contribution in [0.2, 0.25) is 0 Å². The summed E-state index contributed by atoms with van der Waals surface area (Å²) in [6.07, 6.45) is 1.69. The van der Waals surface area contributed by atoms with E-state index in [0.717, 1.165) is 24.2 Å². The molecule has 3 rings (SSSR count). The van der Waals surface area contributed by atoms with Crippen molar-refractivity contribution >= 4 is 11.8 Å².